The monoisotopic (exact) mass is 468 g/mol. The number of H-pyrrole nitrogens is 1. The first-order chi connectivity index (χ1) is 15.7. The number of nitrogens with one attached hydrogen (secondary N) is 2. The highest BCUT2D eigenvalue weighted by Crippen LogP contribution is 2.31. The van der Waals surface area contributed by atoms with E-state index in [2.05, 4.69) is 22.1 Å². The molecule has 4 aromatic rings. The number of alkyl halides is 3. The molecule has 4 nitrogen and oxygen atoms in total. The number of aromatic nitrogens is 1. The molecule has 2 aromatic heterocycles. The minimum absolute atomic E-state index is 0.317. The molecule has 4 rings (SSSR count). The van der Waals surface area contributed by atoms with Crippen LogP contribution in [0.4, 0.5) is 18.2 Å². The maximum absolute atomic E-state index is 12.7. The van der Waals surface area contributed by atoms with E-state index in [-0.39, 0.29) is 5.92 Å². The van der Waals surface area contributed by atoms with Crippen LogP contribution in [0.1, 0.15) is 34.4 Å². The van der Waals surface area contributed by atoms with Gasteiger partial charge in [0.1, 0.15) is 6.04 Å². The van der Waals surface area contributed by atoms with E-state index in [0.717, 1.165) is 28.6 Å². The van der Waals surface area contributed by atoms with Gasteiger partial charge in [-0.1, -0.05) is 37.0 Å². The standard InChI is InChI=1S/C25H19F3N2O2S/c1-15(20-14-29-21-5-3-2-4-19(20)21)23(24(31)32)30-22-13-12-18(33-22)11-8-16-6-9-17(10-7-16)25(26,27)28/h2-7,9-10,12-15,23,29-30H,1H3,(H,31,32)/t15?,23-/m1/s1. The second-order valence-corrected chi connectivity index (χ2v) is 8.61. The van der Waals surface area contributed by atoms with Gasteiger partial charge < -0.3 is 15.4 Å². The summed E-state index contributed by atoms with van der Waals surface area (Å²) in [5.41, 5.74) is 1.59. The lowest BCUT2D eigenvalue weighted by Gasteiger charge is -2.21. The lowest BCUT2D eigenvalue weighted by atomic mass is 9.93. The number of rotatable bonds is 5. The van der Waals surface area contributed by atoms with Gasteiger partial charge in [0.2, 0.25) is 0 Å². The molecule has 1 unspecified atom stereocenters. The van der Waals surface area contributed by atoms with E-state index in [4.69, 9.17) is 0 Å². The largest absolute Gasteiger partial charge is 0.480 e. The number of carboxylic acids is 1. The van der Waals surface area contributed by atoms with Crippen molar-refractivity contribution in [2.24, 2.45) is 0 Å². The summed E-state index contributed by atoms with van der Waals surface area (Å²) in [4.78, 5) is 15.9. The van der Waals surface area contributed by atoms with Gasteiger partial charge in [0.05, 0.1) is 15.4 Å². The molecule has 0 saturated heterocycles. The lowest BCUT2D eigenvalue weighted by molar-refractivity contribution is -0.138. The van der Waals surface area contributed by atoms with E-state index < -0.39 is 23.8 Å². The second-order valence-electron chi connectivity index (χ2n) is 7.53. The summed E-state index contributed by atoms with van der Waals surface area (Å²) in [7, 11) is 0. The van der Waals surface area contributed by atoms with E-state index in [1.807, 2.05) is 37.4 Å². The highest BCUT2D eigenvalue weighted by molar-refractivity contribution is 7.16. The van der Waals surface area contributed by atoms with Crippen molar-refractivity contribution in [3.63, 3.8) is 0 Å². The first-order valence-corrected chi connectivity index (χ1v) is 10.9. The summed E-state index contributed by atoms with van der Waals surface area (Å²) in [5.74, 6) is 4.47. The van der Waals surface area contributed by atoms with Crippen molar-refractivity contribution < 1.29 is 23.1 Å². The molecular weight excluding hydrogens is 449 g/mol. The van der Waals surface area contributed by atoms with Gasteiger partial charge in [-0.15, -0.1) is 11.3 Å². The normalized spacial score (nSPS) is 13.2. The fraction of sp³-hybridized carbons (Fsp3) is 0.160. The fourth-order valence-corrected chi connectivity index (χ4v) is 4.36. The van der Waals surface area contributed by atoms with Crippen molar-refractivity contribution in [3.05, 3.63) is 88.4 Å². The van der Waals surface area contributed by atoms with Crippen molar-refractivity contribution >= 4 is 33.2 Å². The maximum Gasteiger partial charge on any atom is 0.416 e. The molecule has 0 amide bonds. The Balaban J connectivity index is 1.50. The molecule has 33 heavy (non-hydrogen) atoms. The zero-order valence-corrected chi connectivity index (χ0v) is 18.2. The van der Waals surface area contributed by atoms with E-state index in [1.165, 1.54) is 23.5 Å². The SMILES string of the molecule is CC(c1c[nH]c2ccccc12)[C@@H](Nc1ccc(C#Cc2ccc(C(F)(F)F)cc2)s1)C(=O)O. The highest BCUT2D eigenvalue weighted by atomic mass is 32.1. The van der Waals surface area contributed by atoms with Crippen LogP contribution in [-0.2, 0) is 11.0 Å². The molecule has 168 valence electrons. The third-order valence-corrected chi connectivity index (χ3v) is 6.26. The van der Waals surface area contributed by atoms with Gasteiger partial charge in [-0.2, -0.15) is 13.2 Å². The van der Waals surface area contributed by atoms with E-state index in [9.17, 15) is 23.1 Å². The third kappa shape index (κ3) is 5.04. The molecule has 0 saturated carbocycles. The van der Waals surface area contributed by atoms with Gasteiger partial charge in [0, 0.05) is 28.6 Å². The Morgan fingerprint density at radius 2 is 1.79 bits per heavy atom. The average Bonchev–Trinajstić information content (AvgIpc) is 3.42. The summed E-state index contributed by atoms with van der Waals surface area (Å²) < 4.78 is 38.0. The number of hydrogen-bond acceptors (Lipinski definition) is 3. The number of aromatic amines is 1. The third-order valence-electron chi connectivity index (χ3n) is 5.32. The minimum atomic E-state index is -4.38. The molecule has 0 aliphatic rings. The Labute approximate surface area is 192 Å². The number of hydrogen-bond donors (Lipinski definition) is 3. The number of carboxylic acid groups (broad SMARTS) is 1. The molecule has 0 radical (unpaired) electrons. The smallest absolute Gasteiger partial charge is 0.416 e. The lowest BCUT2D eigenvalue weighted by Crippen LogP contribution is -2.34. The predicted molar refractivity (Wildman–Crippen MR) is 124 cm³/mol. The van der Waals surface area contributed by atoms with Crippen LogP contribution >= 0.6 is 11.3 Å². The molecule has 0 fully saturated rings. The van der Waals surface area contributed by atoms with Crippen LogP contribution in [-0.4, -0.2) is 22.1 Å². The van der Waals surface area contributed by atoms with Gasteiger partial charge in [-0.25, -0.2) is 4.79 Å². The number of fused-ring (bicyclic) bond motifs is 1. The summed E-state index contributed by atoms with van der Waals surface area (Å²) >= 11 is 1.29. The molecule has 2 aromatic carbocycles. The first-order valence-electron chi connectivity index (χ1n) is 10.1. The number of benzene rings is 2. The van der Waals surface area contributed by atoms with Crippen LogP contribution in [0.25, 0.3) is 10.9 Å². The Hall–Kier alpha value is -3.70. The Morgan fingerprint density at radius 3 is 2.48 bits per heavy atom. The number of halogens is 3. The molecule has 8 heteroatoms. The zero-order chi connectivity index (χ0) is 23.6. The second kappa shape index (κ2) is 9.04. The molecular formula is C25H19F3N2O2S. The topological polar surface area (TPSA) is 65.1 Å². The number of aliphatic carboxylic acids is 1. The van der Waals surface area contributed by atoms with Crippen LogP contribution in [0.3, 0.4) is 0 Å². The molecule has 3 N–H and O–H groups in total. The summed E-state index contributed by atoms with van der Waals surface area (Å²) in [6, 6.07) is 15.0. The van der Waals surface area contributed by atoms with E-state index >= 15 is 0 Å². The minimum Gasteiger partial charge on any atom is -0.480 e. The van der Waals surface area contributed by atoms with Crippen molar-refractivity contribution in [1.29, 1.82) is 0 Å². The maximum atomic E-state index is 12.7. The molecule has 2 atom stereocenters. The van der Waals surface area contributed by atoms with Crippen LogP contribution < -0.4 is 5.32 Å². The quantitative estimate of drug-likeness (QED) is 0.301. The number of thiophene rings is 1. The predicted octanol–water partition coefficient (Wildman–Crippen LogP) is 6.32. The highest BCUT2D eigenvalue weighted by Gasteiger charge is 2.30. The molecule has 0 spiro atoms. The van der Waals surface area contributed by atoms with Gasteiger partial charge in [-0.05, 0) is 48.0 Å². The van der Waals surface area contributed by atoms with Gasteiger partial charge in [0.15, 0.2) is 0 Å². The van der Waals surface area contributed by atoms with Crippen molar-refractivity contribution in [3.8, 4) is 11.8 Å². The van der Waals surface area contributed by atoms with Gasteiger partial charge >= 0.3 is 12.1 Å². The van der Waals surface area contributed by atoms with Gasteiger partial charge in [0.25, 0.3) is 0 Å². The molecule has 0 bridgehead atoms. The van der Waals surface area contributed by atoms with Crippen molar-refractivity contribution in [2.75, 3.05) is 5.32 Å². The summed E-state index contributed by atoms with van der Waals surface area (Å²) in [6.45, 7) is 1.86. The average molecular weight is 469 g/mol. The van der Waals surface area contributed by atoms with Crippen LogP contribution in [0, 0.1) is 11.8 Å². The summed E-state index contributed by atoms with van der Waals surface area (Å²) in [6.07, 6.45) is -2.55. The first kappa shape index (κ1) is 22.5. The van der Waals surface area contributed by atoms with Crippen LogP contribution in [0.2, 0.25) is 0 Å². The summed E-state index contributed by atoms with van der Waals surface area (Å²) in [5, 5.41) is 14.5. The van der Waals surface area contributed by atoms with Crippen LogP contribution in [0.15, 0.2) is 66.9 Å². The van der Waals surface area contributed by atoms with Crippen molar-refractivity contribution in [2.45, 2.75) is 25.1 Å². The zero-order valence-electron chi connectivity index (χ0n) is 17.4. The van der Waals surface area contributed by atoms with E-state index in [0.29, 0.717) is 15.4 Å². The Bertz CT molecular complexity index is 1340. The van der Waals surface area contributed by atoms with Crippen molar-refractivity contribution in [1.82, 2.24) is 4.98 Å². The Kier molecular flexibility index (Phi) is 6.16. The number of para-hydroxylation sites is 1. The van der Waals surface area contributed by atoms with Gasteiger partial charge in [-0.3, -0.25) is 0 Å². The fourth-order valence-electron chi connectivity index (χ4n) is 3.56. The molecule has 0 aliphatic carbocycles. The number of carbonyl (C=O) groups is 1. The Morgan fingerprint density at radius 1 is 1.06 bits per heavy atom. The number of anilines is 1. The van der Waals surface area contributed by atoms with Crippen LogP contribution in [0.5, 0.6) is 0 Å². The molecule has 0 aliphatic heterocycles. The molecule has 2 heterocycles. The van der Waals surface area contributed by atoms with E-state index in [1.54, 1.807) is 12.1 Å².